The molecule has 5 nitrogen and oxygen atoms in total. The fourth-order valence-electron chi connectivity index (χ4n) is 10.1. The minimum atomic E-state index is 0.822. The highest BCUT2D eigenvalue weighted by atomic mass is 16.3. The van der Waals surface area contributed by atoms with Gasteiger partial charge in [-0.3, -0.25) is 0 Å². The van der Waals surface area contributed by atoms with Crippen molar-refractivity contribution >= 4 is 95.1 Å². The smallest absolute Gasteiger partial charge is 0.135 e. The molecule has 2 aromatic heterocycles. The third-order valence-electron chi connectivity index (χ3n) is 13.4. The van der Waals surface area contributed by atoms with Crippen molar-refractivity contribution in [1.82, 2.24) is 0 Å². The quantitative estimate of drug-likeness (QED) is 0.129. The summed E-state index contributed by atoms with van der Waals surface area (Å²) >= 11 is 0. The molecule has 5 heteroatoms. The zero-order chi connectivity index (χ0) is 47.1. The number of hydrogen-bond acceptors (Lipinski definition) is 5. The first-order valence-corrected chi connectivity index (χ1v) is 24.0. The Labute approximate surface area is 411 Å². The number of nitrogens with zero attached hydrogens (tertiary/aromatic N) is 3. The highest BCUT2D eigenvalue weighted by Gasteiger charge is 2.22. The van der Waals surface area contributed by atoms with Crippen molar-refractivity contribution in [2.45, 2.75) is 0 Å². The maximum atomic E-state index is 6.67. The van der Waals surface area contributed by atoms with E-state index >= 15 is 0 Å². The van der Waals surface area contributed by atoms with Gasteiger partial charge in [0.1, 0.15) is 22.3 Å². The van der Waals surface area contributed by atoms with E-state index in [2.05, 4.69) is 276 Å². The first kappa shape index (κ1) is 41.6. The first-order chi connectivity index (χ1) is 35.2. The van der Waals surface area contributed by atoms with E-state index in [0.717, 1.165) is 117 Å². The molecular weight excluding hydrogens is 867 g/mol. The summed E-state index contributed by atoms with van der Waals surface area (Å²) < 4.78 is 13.0. The van der Waals surface area contributed by atoms with Gasteiger partial charge in [-0.05, 0) is 156 Å². The van der Waals surface area contributed by atoms with Gasteiger partial charge < -0.3 is 23.5 Å². The number of anilines is 9. The Hall–Kier alpha value is -9.58. The number of rotatable bonds is 11. The Morgan fingerprint density at radius 1 is 0.183 bits per heavy atom. The monoisotopic (exact) mass is 911 g/mol. The lowest BCUT2D eigenvalue weighted by Gasteiger charge is -2.30. The summed E-state index contributed by atoms with van der Waals surface area (Å²) in [5, 5.41) is 4.22. The Balaban J connectivity index is 0.999. The number of fused-ring (bicyclic) bond motifs is 6. The highest BCUT2D eigenvalue weighted by Crippen LogP contribution is 2.46. The standard InChI is InChI=1S/C66H45N3O2/c1-6-19-46(20-7-1)47-21-18-30-54(39-47)69(55-34-37-65-61(44-55)59-31-16-17-32-63(59)70-65)56-35-38-66-62(45-56)60-42-48(33-36-64(60)71-66)49-40-57(67(50-22-8-2-9-23-50)51-24-10-3-11-25-51)43-58(41-49)68(52-26-12-4-13-27-52)53-28-14-5-15-29-53/h1-45H. The summed E-state index contributed by atoms with van der Waals surface area (Å²) in [6, 6.07) is 96.6. The van der Waals surface area contributed by atoms with Crippen LogP contribution in [0, 0.1) is 0 Å². The van der Waals surface area contributed by atoms with Crippen LogP contribution in [-0.2, 0) is 0 Å². The van der Waals surface area contributed by atoms with Crippen LogP contribution in [0.25, 0.3) is 66.1 Å². The Morgan fingerprint density at radius 2 is 0.535 bits per heavy atom. The molecule has 336 valence electrons. The van der Waals surface area contributed by atoms with Gasteiger partial charge in [-0.15, -0.1) is 0 Å². The van der Waals surface area contributed by atoms with Gasteiger partial charge in [-0.2, -0.15) is 0 Å². The fraction of sp³-hybridized carbons (Fsp3) is 0. The van der Waals surface area contributed by atoms with Crippen molar-refractivity contribution in [3.63, 3.8) is 0 Å². The number of furan rings is 2. The molecular formula is C66H45N3O2. The van der Waals surface area contributed by atoms with Gasteiger partial charge in [0.05, 0.1) is 0 Å². The number of benzene rings is 11. The van der Waals surface area contributed by atoms with Crippen molar-refractivity contribution in [2.75, 3.05) is 14.7 Å². The van der Waals surface area contributed by atoms with Crippen LogP contribution in [0.3, 0.4) is 0 Å². The normalized spacial score (nSPS) is 11.4. The van der Waals surface area contributed by atoms with Gasteiger partial charge in [-0.25, -0.2) is 0 Å². The predicted molar refractivity (Wildman–Crippen MR) is 296 cm³/mol. The lowest BCUT2D eigenvalue weighted by Crippen LogP contribution is -2.13. The molecule has 0 aliphatic heterocycles. The second-order valence-corrected chi connectivity index (χ2v) is 17.8. The molecule has 0 saturated carbocycles. The molecule has 0 N–H and O–H groups in total. The zero-order valence-electron chi connectivity index (χ0n) is 38.6. The molecule has 0 aliphatic carbocycles. The van der Waals surface area contributed by atoms with E-state index in [9.17, 15) is 0 Å². The van der Waals surface area contributed by atoms with Gasteiger partial charge in [0.2, 0.25) is 0 Å². The van der Waals surface area contributed by atoms with Crippen molar-refractivity contribution in [3.8, 4) is 22.3 Å². The molecule has 0 fully saturated rings. The van der Waals surface area contributed by atoms with E-state index in [-0.39, 0.29) is 0 Å². The maximum Gasteiger partial charge on any atom is 0.135 e. The first-order valence-electron chi connectivity index (χ1n) is 24.0. The summed E-state index contributed by atoms with van der Waals surface area (Å²) in [6.07, 6.45) is 0. The van der Waals surface area contributed by atoms with E-state index < -0.39 is 0 Å². The molecule has 0 unspecified atom stereocenters. The van der Waals surface area contributed by atoms with E-state index in [1.54, 1.807) is 0 Å². The van der Waals surface area contributed by atoms with Crippen molar-refractivity contribution in [3.05, 3.63) is 273 Å². The van der Waals surface area contributed by atoms with E-state index in [1.807, 2.05) is 12.1 Å². The Morgan fingerprint density at radius 3 is 1.07 bits per heavy atom. The van der Waals surface area contributed by atoms with E-state index in [1.165, 1.54) is 0 Å². The lowest BCUT2D eigenvalue weighted by atomic mass is 9.99. The van der Waals surface area contributed by atoms with Crippen LogP contribution in [-0.4, -0.2) is 0 Å². The molecule has 13 aromatic rings. The van der Waals surface area contributed by atoms with Crippen molar-refractivity contribution in [1.29, 1.82) is 0 Å². The number of hydrogen-bond donors (Lipinski definition) is 0. The average Bonchev–Trinajstić information content (AvgIpc) is 4.00. The maximum absolute atomic E-state index is 6.67. The van der Waals surface area contributed by atoms with Crippen LogP contribution >= 0.6 is 0 Å². The van der Waals surface area contributed by atoms with Gasteiger partial charge >= 0.3 is 0 Å². The van der Waals surface area contributed by atoms with E-state index in [0.29, 0.717) is 0 Å². The molecule has 0 saturated heterocycles. The fourth-order valence-corrected chi connectivity index (χ4v) is 10.1. The lowest BCUT2D eigenvalue weighted by molar-refractivity contribution is 0.668. The van der Waals surface area contributed by atoms with Gasteiger partial charge in [0, 0.05) is 72.7 Å². The average molecular weight is 912 g/mol. The third-order valence-corrected chi connectivity index (χ3v) is 13.4. The summed E-state index contributed by atoms with van der Waals surface area (Å²) in [7, 11) is 0. The van der Waals surface area contributed by atoms with Crippen LogP contribution in [0.1, 0.15) is 0 Å². The zero-order valence-corrected chi connectivity index (χ0v) is 38.6. The van der Waals surface area contributed by atoms with Crippen LogP contribution in [0.5, 0.6) is 0 Å². The molecule has 0 atom stereocenters. The van der Waals surface area contributed by atoms with Crippen molar-refractivity contribution in [2.24, 2.45) is 0 Å². The van der Waals surface area contributed by atoms with Gasteiger partial charge in [0.15, 0.2) is 0 Å². The topological polar surface area (TPSA) is 36.0 Å². The van der Waals surface area contributed by atoms with Gasteiger partial charge in [0.25, 0.3) is 0 Å². The second kappa shape index (κ2) is 17.8. The van der Waals surface area contributed by atoms with Crippen molar-refractivity contribution < 1.29 is 8.83 Å². The largest absolute Gasteiger partial charge is 0.456 e. The summed E-state index contributed by atoms with van der Waals surface area (Å²) in [6.45, 7) is 0. The van der Waals surface area contributed by atoms with Crippen LogP contribution in [0.2, 0.25) is 0 Å². The van der Waals surface area contributed by atoms with E-state index in [4.69, 9.17) is 8.83 Å². The molecule has 2 heterocycles. The molecule has 71 heavy (non-hydrogen) atoms. The minimum Gasteiger partial charge on any atom is -0.456 e. The third kappa shape index (κ3) is 7.82. The minimum absolute atomic E-state index is 0.822. The molecule has 0 aliphatic rings. The molecule has 0 spiro atoms. The van der Waals surface area contributed by atoms with Crippen LogP contribution in [0.15, 0.2) is 282 Å². The van der Waals surface area contributed by atoms with Gasteiger partial charge in [-0.1, -0.05) is 140 Å². The molecule has 11 aromatic carbocycles. The summed E-state index contributed by atoms with van der Waals surface area (Å²) in [5.41, 5.74) is 17.2. The molecule has 0 bridgehead atoms. The van der Waals surface area contributed by atoms with Crippen LogP contribution < -0.4 is 14.7 Å². The Kier molecular flexibility index (Phi) is 10.4. The Bertz CT molecular complexity index is 3820. The predicted octanol–water partition coefficient (Wildman–Crippen LogP) is 19.2. The molecule has 13 rings (SSSR count). The summed E-state index contributed by atoms with van der Waals surface area (Å²) in [4.78, 5) is 7.02. The summed E-state index contributed by atoms with van der Waals surface area (Å²) in [5.74, 6) is 0. The molecule has 0 amide bonds. The molecule has 0 radical (unpaired) electrons. The SMILES string of the molecule is c1ccc(-c2cccc(N(c3ccc4oc5ccccc5c4c3)c3ccc4oc5ccc(-c6cc(N(c7ccccc7)c7ccccc7)cc(N(c7ccccc7)c7ccccc7)c6)cc5c4c3)c2)cc1. The van der Waals surface area contributed by atoms with Crippen LogP contribution in [0.4, 0.5) is 51.2 Å². The second-order valence-electron chi connectivity index (χ2n) is 17.8. The number of para-hydroxylation sites is 5. The highest BCUT2D eigenvalue weighted by molar-refractivity contribution is 6.09.